The van der Waals surface area contributed by atoms with Crippen molar-refractivity contribution in [2.75, 3.05) is 0 Å². The standard InChI is InChI=1S/C38H58N2O3/c1-23-24(2)40-28(25(3)39-23)22-43-32(42)38-19-17-33(4,5)21-27(38)26-11-12-30-35(8)15-14-31(41)34(6,7)29(35)13-16-37(30,10)36(26,9)18-20-38/h11,27,29-31,41H,12-22H2,1-10H3/t27?,29?,30?,31-,35-,36+,37+,38?/m0/s1. The van der Waals surface area contributed by atoms with Gasteiger partial charge < -0.3 is 9.84 Å². The number of fused-ring (bicyclic) bond motifs is 7. The number of carbonyl (C=O) groups excluding carboxylic acids is 1. The van der Waals surface area contributed by atoms with Gasteiger partial charge in [-0.1, -0.05) is 60.1 Å². The first-order valence-corrected chi connectivity index (χ1v) is 17.3. The van der Waals surface area contributed by atoms with Gasteiger partial charge in [-0.15, -0.1) is 0 Å². The summed E-state index contributed by atoms with van der Waals surface area (Å²) in [5, 5.41) is 11.0. The number of rotatable bonds is 3. The molecule has 5 aliphatic rings. The van der Waals surface area contributed by atoms with Crippen LogP contribution in [0, 0.1) is 71.0 Å². The second-order valence-corrected chi connectivity index (χ2v) is 17.7. The van der Waals surface area contributed by atoms with Crippen molar-refractivity contribution in [3.05, 3.63) is 34.4 Å². The molecule has 0 aliphatic heterocycles. The van der Waals surface area contributed by atoms with Crippen LogP contribution in [0.3, 0.4) is 0 Å². The van der Waals surface area contributed by atoms with Gasteiger partial charge in [0, 0.05) is 0 Å². The summed E-state index contributed by atoms with van der Waals surface area (Å²) in [7, 11) is 0. The fraction of sp³-hybridized carbons (Fsp3) is 0.816. The van der Waals surface area contributed by atoms with Crippen molar-refractivity contribution in [1.82, 2.24) is 9.97 Å². The van der Waals surface area contributed by atoms with Crippen molar-refractivity contribution in [3.63, 3.8) is 0 Å². The van der Waals surface area contributed by atoms with E-state index < -0.39 is 5.41 Å². The molecular weight excluding hydrogens is 532 g/mol. The molecule has 0 aromatic carbocycles. The summed E-state index contributed by atoms with van der Waals surface area (Å²) in [6, 6.07) is 0. The fourth-order valence-corrected chi connectivity index (χ4v) is 11.8. The van der Waals surface area contributed by atoms with Crippen molar-refractivity contribution >= 4 is 5.97 Å². The molecule has 238 valence electrons. The summed E-state index contributed by atoms with van der Waals surface area (Å²) in [5.74, 6) is 1.36. The van der Waals surface area contributed by atoms with E-state index in [9.17, 15) is 9.90 Å². The Balaban J connectivity index is 1.35. The van der Waals surface area contributed by atoms with E-state index in [2.05, 4.69) is 59.5 Å². The van der Waals surface area contributed by atoms with E-state index in [1.165, 1.54) is 12.8 Å². The quantitative estimate of drug-likeness (QED) is 0.282. The van der Waals surface area contributed by atoms with Crippen LogP contribution in [0.1, 0.15) is 135 Å². The third-order valence-electron chi connectivity index (χ3n) is 14.9. The summed E-state index contributed by atoms with van der Waals surface area (Å²) >= 11 is 0. The van der Waals surface area contributed by atoms with Crippen molar-refractivity contribution in [1.29, 1.82) is 0 Å². The molecule has 0 bridgehead atoms. The lowest BCUT2D eigenvalue weighted by Crippen LogP contribution is -2.65. The Morgan fingerprint density at radius 3 is 2.26 bits per heavy atom. The van der Waals surface area contributed by atoms with Crippen LogP contribution >= 0.6 is 0 Å². The average Bonchev–Trinajstić information content (AvgIpc) is 2.92. The monoisotopic (exact) mass is 590 g/mol. The smallest absolute Gasteiger partial charge is 0.313 e. The summed E-state index contributed by atoms with van der Waals surface area (Å²) in [6.07, 6.45) is 12.9. The average molecular weight is 591 g/mol. The third kappa shape index (κ3) is 4.36. The number of aliphatic hydroxyl groups excluding tert-OH is 1. The Kier molecular flexibility index (Phi) is 7.17. The molecule has 1 heterocycles. The van der Waals surface area contributed by atoms with Crippen LogP contribution in [0.5, 0.6) is 0 Å². The van der Waals surface area contributed by atoms with E-state index >= 15 is 0 Å². The Morgan fingerprint density at radius 2 is 1.53 bits per heavy atom. The minimum Gasteiger partial charge on any atom is -0.459 e. The molecular formula is C38H58N2O3. The highest BCUT2D eigenvalue weighted by atomic mass is 16.5. The molecule has 1 aromatic heterocycles. The topological polar surface area (TPSA) is 72.3 Å². The first-order valence-electron chi connectivity index (χ1n) is 17.3. The van der Waals surface area contributed by atoms with Crippen molar-refractivity contribution in [2.24, 2.45) is 50.2 Å². The second-order valence-electron chi connectivity index (χ2n) is 17.7. The van der Waals surface area contributed by atoms with Gasteiger partial charge in [0.05, 0.1) is 34.3 Å². The lowest BCUT2D eigenvalue weighted by Gasteiger charge is -2.71. The first-order chi connectivity index (χ1) is 19.9. The number of esters is 1. The molecule has 5 nitrogen and oxygen atoms in total. The Labute approximate surface area is 261 Å². The van der Waals surface area contributed by atoms with Gasteiger partial charge in [0.1, 0.15) is 6.61 Å². The van der Waals surface area contributed by atoms with Gasteiger partial charge in [0.2, 0.25) is 0 Å². The Hall–Kier alpha value is -1.75. The molecule has 0 amide bonds. The van der Waals surface area contributed by atoms with E-state index in [0.29, 0.717) is 11.8 Å². The molecule has 0 saturated heterocycles. The van der Waals surface area contributed by atoms with E-state index in [1.807, 2.05) is 20.8 Å². The van der Waals surface area contributed by atoms with E-state index in [0.717, 1.165) is 74.1 Å². The summed E-state index contributed by atoms with van der Waals surface area (Å²) < 4.78 is 6.24. The van der Waals surface area contributed by atoms with Crippen molar-refractivity contribution in [2.45, 2.75) is 146 Å². The lowest BCUT2D eigenvalue weighted by atomic mass is 9.33. The number of ether oxygens (including phenoxy) is 1. The summed E-state index contributed by atoms with van der Waals surface area (Å²) in [6.45, 7) is 23.3. The van der Waals surface area contributed by atoms with E-state index in [1.54, 1.807) is 5.57 Å². The minimum absolute atomic E-state index is 0.0126. The normalized spacial score (nSPS) is 42.9. The zero-order chi connectivity index (χ0) is 31.4. The molecule has 0 spiro atoms. The number of hydrogen-bond donors (Lipinski definition) is 1. The Bertz CT molecular complexity index is 1350. The van der Waals surface area contributed by atoms with Gasteiger partial charge in [-0.2, -0.15) is 0 Å². The van der Waals surface area contributed by atoms with Gasteiger partial charge >= 0.3 is 5.97 Å². The molecule has 5 heteroatoms. The molecule has 1 N–H and O–H groups in total. The molecule has 5 aliphatic carbocycles. The maximum atomic E-state index is 14.4. The molecule has 4 saturated carbocycles. The summed E-state index contributed by atoms with van der Waals surface area (Å²) in [4.78, 5) is 23.7. The maximum Gasteiger partial charge on any atom is 0.313 e. The van der Waals surface area contributed by atoms with Crippen LogP contribution in [0.4, 0.5) is 0 Å². The predicted octanol–water partition coefficient (Wildman–Crippen LogP) is 8.61. The van der Waals surface area contributed by atoms with Gasteiger partial charge in [0.25, 0.3) is 0 Å². The molecule has 1 aromatic rings. The number of allylic oxidation sites excluding steroid dienone is 2. The van der Waals surface area contributed by atoms with Crippen LogP contribution in [0.15, 0.2) is 11.6 Å². The molecule has 6 rings (SSSR count). The lowest BCUT2D eigenvalue weighted by molar-refractivity contribution is -0.206. The zero-order valence-corrected chi connectivity index (χ0v) is 28.8. The van der Waals surface area contributed by atoms with Gasteiger partial charge in [-0.05, 0) is 130 Å². The van der Waals surface area contributed by atoms with Crippen LogP contribution in [0.2, 0.25) is 0 Å². The van der Waals surface area contributed by atoms with Gasteiger partial charge in [-0.3, -0.25) is 14.8 Å². The largest absolute Gasteiger partial charge is 0.459 e. The number of nitrogens with zero attached hydrogens (tertiary/aromatic N) is 2. The van der Waals surface area contributed by atoms with Gasteiger partial charge in [0.15, 0.2) is 0 Å². The van der Waals surface area contributed by atoms with Crippen LogP contribution in [-0.2, 0) is 16.1 Å². The molecule has 4 fully saturated rings. The van der Waals surface area contributed by atoms with Gasteiger partial charge in [-0.25, -0.2) is 0 Å². The zero-order valence-electron chi connectivity index (χ0n) is 28.8. The number of aliphatic hydroxyl groups is 1. The number of hydrogen-bond acceptors (Lipinski definition) is 5. The number of carbonyl (C=O) groups is 1. The SMILES string of the molecule is Cc1nc(C)c(COC(=O)C23CCC(C)(C)CC2C2=CCC4[C@@]5(C)CC[C@H](O)C(C)(C)C5CC[C@@]4(C)[C@]2(C)CC3)nc1C. The van der Waals surface area contributed by atoms with Crippen LogP contribution < -0.4 is 0 Å². The number of aromatic nitrogens is 2. The third-order valence-corrected chi connectivity index (χ3v) is 14.9. The highest BCUT2D eigenvalue weighted by Crippen LogP contribution is 2.75. The predicted molar refractivity (Wildman–Crippen MR) is 171 cm³/mol. The Morgan fingerprint density at radius 1 is 0.860 bits per heavy atom. The molecule has 0 radical (unpaired) electrons. The molecule has 8 atom stereocenters. The molecule has 4 unspecified atom stereocenters. The van der Waals surface area contributed by atoms with Crippen LogP contribution in [0.25, 0.3) is 0 Å². The van der Waals surface area contributed by atoms with E-state index in [-0.39, 0.29) is 51.7 Å². The minimum atomic E-state index is -0.455. The molecule has 43 heavy (non-hydrogen) atoms. The highest BCUT2D eigenvalue weighted by Gasteiger charge is 2.69. The van der Waals surface area contributed by atoms with Crippen molar-refractivity contribution in [3.8, 4) is 0 Å². The van der Waals surface area contributed by atoms with E-state index in [4.69, 9.17) is 9.72 Å². The number of aryl methyl sites for hydroxylation is 3. The maximum absolute atomic E-state index is 14.4. The van der Waals surface area contributed by atoms with Crippen molar-refractivity contribution < 1.29 is 14.6 Å². The highest BCUT2D eigenvalue weighted by molar-refractivity contribution is 5.78. The fourth-order valence-electron chi connectivity index (χ4n) is 11.8. The summed E-state index contributed by atoms with van der Waals surface area (Å²) in [5.41, 5.74) is 5.21. The second kappa shape index (κ2) is 9.87. The first kappa shape index (κ1) is 31.2. The van der Waals surface area contributed by atoms with Crippen LogP contribution in [-0.4, -0.2) is 27.1 Å².